The van der Waals surface area contributed by atoms with Crippen molar-refractivity contribution < 1.29 is 17.7 Å². The fourth-order valence-corrected chi connectivity index (χ4v) is 4.38. The van der Waals surface area contributed by atoms with E-state index in [2.05, 4.69) is 0 Å². The highest BCUT2D eigenvalue weighted by Crippen LogP contribution is 2.35. The third kappa shape index (κ3) is 4.26. The van der Waals surface area contributed by atoms with E-state index >= 15 is 0 Å². The van der Waals surface area contributed by atoms with Crippen LogP contribution in [0.3, 0.4) is 0 Å². The van der Waals surface area contributed by atoms with Crippen molar-refractivity contribution in [1.29, 1.82) is 0 Å². The second kappa shape index (κ2) is 8.02. The van der Waals surface area contributed by atoms with Crippen LogP contribution in [-0.4, -0.2) is 50.7 Å². The van der Waals surface area contributed by atoms with Crippen molar-refractivity contribution in [2.24, 2.45) is 0 Å². The van der Waals surface area contributed by atoms with E-state index in [4.69, 9.17) is 11.6 Å². The van der Waals surface area contributed by atoms with Gasteiger partial charge in [0, 0.05) is 49.6 Å². The van der Waals surface area contributed by atoms with Gasteiger partial charge in [0.1, 0.15) is 16.4 Å². The molecule has 0 amide bonds. The van der Waals surface area contributed by atoms with Crippen LogP contribution in [0.25, 0.3) is 0 Å². The van der Waals surface area contributed by atoms with Gasteiger partial charge in [-0.3, -0.25) is 15.0 Å². The average molecular weight is 428 g/mol. The standard InChI is InChI=1S/C18H19ClFN3O4S/c1-28(26,27)17-7-3-6-16(18(17)23(24)25)22-10-8-21(9-11-22)12-13-14(19)4-2-5-15(13)20/h2-7H,8-12H2,1H3. The van der Waals surface area contributed by atoms with Crippen LogP contribution in [-0.2, 0) is 16.4 Å². The lowest BCUT2D eigenvalue weighted by molar-refractivity contribution is -0.387. The summed E-state index contributed by atoms with van der Waals surface area (Å²) in [5, 5.41) is 11.9. The van der Waals surface area contributed by atoms with Gasteiger partial charge in [0.25, 0.3) is 0 Å². The summed E-state index contributed by atoms with van der Waals surface area (Å²) in [6.45, 7) is 2.29. The van der Waals surface area contributed by atoms with E-state index in [9.17, 15) is 22.9 Å². The molecule has 28 heavy (non-hydrogen) atoms. The molecule has 0 N–H and O–H groups in total. The number of hydrogen-bond donors (Lipinski definition) is 0. The third-order valence-corrected chi connectivity index (χ3v) is 6.20. The van der Waals surface area contributed by atoms with Crippen LogP contribution in [0.15, 0.2) is 41.3 Å². The van der Waals surface area contributed by atoms with Crippen LogP contribution in [0.1, 0.15) is 5.56 Å². The van der Waals surface area contributed by atoms with E-state index in [1.54, 1.807) is 23.1 Å². The Morgan fingerprint density at radius 1 is 1.14 bits per heavy atom. The van der Waals surface area contributed by atoms with Crippen molar-refractivity contribution in [1.82, 2.24) is 4.90 Å². The van der Waals surface area contributed by atoms with Gasteiger partial charge in [-0.05, 0) is 24.3 Å². The van der Waals surface area contributed by atoms with E-state index in [1.165, 1.54) is 18.2 Å². The summed E-state index contributed by atoms with van der Waals surface area (Å²) in [6.07, 6.45) is 0.954. The molecule has 0 atom stereocenters. The van der Waals surface area contributed by atoms with Gasteiger partial charge in [0.2, 0.25) is 0 Å². The fraction of sp³-hybridized carbons (Fsp3) is 0.333. The fourth-order valence-electron chi connectivity index (χ4n) is 3.30. The number of para-hydroxylation sites is 1. The summed E-state index contributed by atoms with van der Waals surface area (Å²) in [5.41, 5.74) is 0.287. The van der Waals surface area contributed by atoms with Crippen molar-refractivity contribution in [3.8, 4) is 0 Å². The Balaban J connectivity index is 1.80. The SMILES string of the molecule is CS(=O)(=O)c1cccc(N2CCN(Cc3c(F)cccc3Cl)CC2)c1[N+](=O)[O-]. The molecule has 1 saturated heterocycles. The summed E-state index contributed by atoms with van der Waals surface area (Å²) < 4.78 is 37.9. The van der Waals surface area contributed by atoms with Crippen LogP contribution in [0.4, 0.5) is 15.8 Å². The molecule has 0 aromatic heterocycles. The molecular weight excluding hydrogens is 409 g/mol. The number of hydrogen-bond acceptors (Lipinski definition) is 6. The molecule has 150 valence electrons. The topological polar surface area (TPSA) is 83.8 Å². The molecule has 0 saturated carbocycles. The van der Waals surface area contributed by atoms with E-state index in [-0.39, 0.29) is 16.4 Å². The Kier molecular flexibility index (Phi) is 5.87. The van der Waals surface area contributed by atoms with Crippen LogP contribution < -0.4 is 4.90 Å². The van der Waals surface area contributed by atoms with Gasteiger partial charge in [0.15, 0.2) is 9.84 Å². The number of sulfone groups is 1. The molecule has 7 nitrogen and oxygen atoms in total. The first-order chi connectivity index (χ1) is 13.2. The molecule has 0 aliphatic carbocycles. The minimum Gasteiger partial charge on any atom is -0.363 e. The van der Waals surface area contributed by atoms with Gasteiger partial charge >= 0.3 is 5.69 Å². The Hall–Kier alpha value is -2.23. The molecule has 0 unspecified atom stereocenters. The number of nitrogens with zero attached hydrogens (tertiary/aromatic N) is 3. The second-order valence-corrected chi connectivity index (χ2v) is 9.01. The van der Waals surface area contributed by atoms with Crippen LogP contribution in [0, 0.1) is 15.9 Å². The second-order valence-electron chi connectivity index (χ2n) is 6.62. The Labute approximate surface area is 167 Å². The summed E-state index contributed by atoms with van der Waals surface area (Å²) >= 11 is 6.08. The maximum atomic E-state index is 14.0. The van der Waals surface area contributed by atoms with Crippen molar-refractivity contribution >= 4 is 32.8 Å². The molecule has 1 aliphatic heterocycles. The van der Waals surface area contributed by atoms with Gasteiger partial charge < -0.3 is 4.90 Å². The average Bonchev–Trinajstić information content (AvgIpc) is 2.64. The molecule has 10 heteroatoms. The first-order valence-electron chi connectivity index (χ1n) is 8.56. The highest BCUT2D eigenvalue weighted by atomic mass is 35.5. The molecule has 2 aromatic rings. The lowest BCUT2D eigenvalue weighted by Crippen LogP contribution is -2.46. The van der Waals surface area contributed by atoms with Crippen LogP contribution in [0.2, 0.25) is 5.02 Å². The number of nitro benzene ring substituents is 1. The van der Waals surface area contributed by atoms with Gasteiger partial charge in [-0.25, -0.2) is 12.8 Å². The quantitative estimate of drug-likeness (QED) is 0.538. The highest BCUT2D eigenvalue weighted by molar-refractivity contribution is 7.90. The summed E-state index contributed by atoms with van der Waals surface area (Å²) in [7, 11) is -3.74. The predicted octanol–water partition coefficient (Wildman–Crippen LogP) is 3.11. The molecule has 2 aromatic carbocycles. The highest BCUT2D eigenvalue weighted by Gasteiger charge is 2.30. The Morgan fingerprint density at radius 2 is 1.79 bits per heavy atom. The van der Waals surface area contributed by atoms with Gasteiger partial charge in [0.05, 0.1) is 4.92 Å². The zero-order valence-corrected chi connectivity index (χ0v) is 16.7. The number of anilines is 1. The van der Waals surface area contributed by atoms with E-state index in [0.717, 1.165) is 6.26 Å². The minimum absolute atomic E-state index is 0.275. The molecule has 3 rings (SSSR count). The normalized spacial score (nSPS) is 15.6. The summed E-state index contributed by atoms with van der Waals surface area (Å²) in [4.78, 5) is 14.4. The molecular formula is C18H19ClFN3O4S. The Morgan fingerprint density at radius 3 is 2.36 bits per heavy atom. The minimum atomic E-state index is -3.74. The molecule has 1 heterocycles. The van der Waals surface area contributed by atoms with E-state index in [0.29, 0.717) is 43.3 Å². The lowest BCUT2D eigenvalue weighted by atomic mass is 10.1. The van der Waals surface area contributed by atoms with Crippen molar-refractivity contribution in [2.45, 2.75) is 11.4 Å². The number of piperazine rings is 1. The zero-order chi connectivity index (χ0) is 20.5. The Bertz CT molecular complexity index is 988. The molecule has 1 aliphatic rings. The zero-order valence-electron chi connectivity index (χ0n) is 15.1. The first-order valence-corrected chi connectivity index (χ1v) is 10.8. The number of rotatable bonds is 5. The number of halogens is 2. The first kappa shape index (κ1) is 20.5. The molecule has 0 radical (unpaired) electrons. The van der Waals surface area contributed by atoms with Crippen LogP contribution in [0.5, 0.6) is 0 Å². The van der Waals surface area contributed by atoms with E-state index in [1.807, 2.05) is 4.90 Å². The van der Waals surface area contributed by atoms with Gasteiger partial charge in [-0.2, -0.15) is 0 Å². The lowest BCUT2D eigenvalue weighted by Gasteiger charge is -2.36. The van der Waals surface area contributed by atoms with E-state index < -0.39 is 20.4 Å². The molecule has 1 fully saturated rings. The number of nitro groups is 1. The number of benzene rings is 2. The monoisotopic (exact) mass is 427 g/mol. The maximum absolute atomic E-state index is 14.0. The largest absolute Gasteiger partial charge is 0.363 e. The van der Waals surface area contributed by atoms with Gasteiger partial charge in [-0.15, -0.1) is 0 Å². The summed E-state index contributed by atoms with van der Waals surface area (Å²) in [5.74, 6) is -0.369. The van der Waals surface area contributed by atoms with Crippen molar-refractivity contribution in [3.63, 3.8) is 0 Å². The van der Waals surface area contributed by atoms with Crippen LogP contribution >= 0.6 is 11.6 Å². The van der Waals surface area contributed by atoms with Crippen molar-refractivity contribution in [2.75, 3.05) is 37.3 Å². The molecule has 0 bridgehead atoms. The summed E-state index contributed by atoms with van der Waals surface area (Å²) in [6, 6.07) is 8.84. The third-order valence-electron chi connectivity index (χ3n) is 4.72. The van der Waals surface area contributed by atoms with Crippen molar-refractivity contribution in [3.05, 3.63) is 62.9 Å². The van der Waals surface area contributed by atoms with Gasteiger partial charge in [-0.1, -0.05) is 23.7 Å². The smallest absolute Gasteiger partial charge is 0.311 e. The molecule has 0 spiro atoms. The maximum Gasteiger partial charge on any atom is 0.311 e. The predicted molar refractivity (Wildman–Crippen MR) is 105 cm³/mol.